The molecule has 1 aromatic rings. The molecule has 32 heavy (non-hydrogen) atoms. The Kier molecular flexibility index (Phi) is 8.77. The number of nitrogens with zero attached hydrogens (tertiary/aromatic N) is 1. The molecule has 0 unspecified atom stereocenters. The Morgan fingerprint density at radius 1 is 0.938 bits per heavy atom. The quantitative estimate of drug-likeness (QED) is 0.505. The first kappa shape index (κ1) is 25.3. The Hall–Kier alpha value is -2.94. The lowest BCUT2D eigenvalue weighted by Crippen LogP contribution is -2.64. The van der Waals surface area contributed by atoms with Crippen LogP contribution < -0.4 is 16.0 Å². The summed E-state index contributed by atoms with van der Waals surface area (Å²) in [6.45, 7) is 6.66. The van der Waals surface area contributed by atoms with Gasteiger partial charge >= 0.3 is 0 Å². The molecular formula is C23H34N4O5. The first-order valence-corrected chi connectivity index (χ1v) is 11.0. The normalized spacial score (nSPS) is 27.4. The molecule has 1 aromatic carbocycles. The van der Waals surface area contributed by atoms with Crippen LogP contribution in [-0.2, 0) is 25.6 Å². The number of carbonyl (C=O) groups excluding carboxylic acids is 4. The molecule has 4 amide bonds. The third-order valence-corrected chi connectivity index (χ3v) is 6.06. The highest BCUT2D eigenvalue weighted by molar-refractivity contribution is 5.97. The maximum Gasteiger partial charge on any atom is 0.245 e. The van der Waals surface area contributed by atoms with E-state index in [0.29, 0.717) is 6.42 Å². The summed E-state index contributed by atoms with van der Waals surface area (Å²) in [5.74, 6) is -2.36. The zero-order valence-electron chi connectivity index (χ0n) is 19.3. The van der Waals surface area contributed by atoms with Crippen LogP contribution in [0.25, 0.3) is 0 Å². The monoisotopic (exact) mass is 446 g/mol. The SMILES string of the molecule is CC[C@H](C)[C@@H]1NC(=O)[C@H]([C@@H](C)O)NC(=O)[C@H](Cc2ccccc2)NC(=O)[C@H](C)N(C)C1=O. The van der Waals surface area contributed by atoms with Crippen LogP contribution in [0.15, 0.2) is 30.3 Å². The second kappa shape index (κ2) is 11.1. The number of nitrogens with one attached hydrogen (secondary N) is 3. The first-order valence-electron chi connectivity index (χ1n) is 11.0. The minimum atomic E-state index is -1.28. The molecule has 0 bridgehead atoms. The summed E-state index contributed by atoms with van der Waals surface area (Å²) in [7, 11) is 1.50. The van der Waals surface area contributed by atoms with Crippen LogP contribution in [-0.4, -0.2) is 71.0 Å². The van der Waals surface area contributed by atoms with Gasteiger partial charge < -0.3 is 26.0 Å². The van der Waals surface area contributed by atoms with Gasteiger partial charge in [-0.15, -0.1) is 0 Å². The molecule has 6 atom stereocenters. The van der Waals surface area contributed by atoms with Crippen molar-refractivity contribution in [2.45, 2.75) is 70.8 Å². The summed E-state index contributed by atoms with van der Waals surface area (Å²) in [4.78, 5) is 53.4. The summed E-state index contributed by atoms with van der Waals surface area (Å²) in [6, 6.07) is 5.10. The van der Waals surface area contributed by atoms with E-state index in [1.807, 2.05) is 44.2 Å². The summed E-state index contributed by atoms with van der Waals surface area (Å²) in [5, 5.41) is 18.1. The minimum Gasteiger partial charge on any atom is -0.391 e. The van der Waals surface area contributed by atoms with E-state index in [1.165, 1.54) is 18.9 Å². The predicted molar refractivity (Wildman–Crippen MR) is 119 cm³/mol. The van der Waals surface area contributed by atoms with Crippen LogP contribution in [0, 0.1) is 5.92 Å². The zero-order valence-corrected chi connectivity index (χ0v) is 19.3. The van der Waals surface area contributed by atoms with E-state index in [4.69, 9.17) is 0 Å². The molecular weight excluding hydrogens is 412 g/mol. The Labute approximate surface area is 188 Å². The van der Waals surface area contributed by atoms with Crippen molar-refractivity contribution in [1.82, 2.24) is 20.9 Å². The topological polar surface area (TPSA) is 128 Å². The molecule has 0 aliphatic carbocycles. The Morgan fingerprint density at radius 2 is 1.53 bits per heavy atom. The van der Waals surface area contributed by atoms with Crippen molar-refractivity contribution in [2.24, 2.45) is 5.92 Å². The summed E-state index contributed by atoms with van der Waals surface area (Å²) >= 11 is 0. The number of carbonyl (C=O) groups is 4. The van der Waals surface area contributed by atoms with Gasteiger partial charge in [0.15, 0.2) is 0 Å². The maximum absolute atomic E-state index is 13.2. The van der Waals surface area contributed by atoms with Gasteiger partial charge in [-0.2, -0.15) is 0 Å². The zero-order chi connectivity index (χ0) is 24.0. The van der Waals surface area contributed by atoms with Crippen molar-refractivity contribution in [3.8, 4) is 0 Å². The van der Waals surface area contributed by atoms with E-state index >= 15 is 0 Å². The fraction of sp³-hybridized carbons (Fsp3) is 0.565. The average molecular weight is 447 g/mol. The van der Waals surface area contributed by atoms with Gasteiger partial charge in [-0.3, -0.25) is 19.2 Å². The van der Waals surface area contributed by atoms with Crippen LogP contribution in [0.4, 0.5) is 0 Å². The highest BCUT2D eigenvalue weighted by Gasteiger charge is 2.38. The molecule has 0 radical (unpaired) electrons. The molecule has 0 saturated carbocycles. The predicted octanol–water partition coefficient (Wildman–Crippen LogP) is -0.0291. The van der Waals surface area contributed by atoms with Gasteiger partial charge in [0.05, 0.1) is 6.10 Å². The lowest BCUT2D eigenvalue weighted by Gasteiger charge is -2.34. The molecule has 1 heterocycles. The molecule has 1 saturated heterocycles. The molecule has 0 spiro atoms. The second-order valence-corrected chi connectivity index (χ2v) is 8.47. The van der Waals surface area contributed by atoms with Gasteiger partial charge in [0.1, 0.15) is 24.2 Å². The van der Waals surface area contributed by atoms with Crippen molar-refractivity contribution in [1.29, 1.82) is 0 Å². The van der Waals surface area contributed by atoms with Gasteiger partial charge in [0.2, 0.25) is 23.6 Å². The van der Waals surface area contributed by atoms with Crippen molar-refractivity contribution in [2.75, 3.05) is 7.05 Å². The minimum absolute atomic E-state index is 0.187. The van der Waals surface area contributed by atoms with E-state index in [0.717, 1.165) is 5.56 Å². The second-order valence-electron chi connectivity index (χ2n) is 8.47. The summed E-state index contributed by atoms with van der Waals surface area (Å²) in [5.41, 5.74) is 0.812. The van der Waals surface area contributed by atoms with Gasteiger partial charge in [0, 0.05) is 13.5 Å². The number of aliphatic hydroxyl groups is 1. The number of amides is 4. The van der Waals surface area contributed by atoms with Crippen LogP contribution in [0.3, 0.4) is 0 Å². The van der Waals surface area contributed by atoms with Crippen LogP contribution >= 0.6 is 0 Å². The van der Waals surface area contributed by atoms with Crippen LogP contribution in [0.1, 0.15) is 39.7 Å². The molecule has 1 aliphatic heterocycles. The van der Waals surface area contributed by atoms with E-state index in [2.05, 4.69) is 16.0 Å². The smallest absolute Gasteiger partial charge is 0.245 e. The van der Waals surface area contributed by atoms with Crippen molar-refractivity contribution in [3.05, 3.63) is 35.9 Å². The molecule has 176 valence electrons. The highest BCUT2D eigenvalue weighted by Crippen LogP contribution is 2.14. The molecule has 0 aromatic heterocycles. The number of rotatable bonds is 5. The van der Waals surface area contributed by atoms with Crippen molar-refractivity contribution < 1.29 is 24.3 Å². The molecule has 2 rings (SSSR count). The Morgan fingerprint density at radius 3 is 2.09 bits per heavy atom. The average Bonchev–Trinajstić information content (AvgIpc) is 2.77. The van der Waals surface area contributed by atoms with Gasteiger partial charge in [0.25, 0.3) is 0 Å². The third-order valence-electron chi connectivity index (χ3n) is 6.06. The van der Waals surface area contributed by atoms with Crippen molar-refractivity contribution >= 4 is 23.6 Å². The van der Waals surface area contributed by atoms with E-state index < -0.39 is 53.9 Å². The Bertz CT molecular complexity index is 829. The van der Waals surface area contributed by atoms with Crippen LogP contribution in [0.2, 0.25) is 0 Å². The third kappa shape index (κ3) is 6.06. The fourth-order valence-corrected chi connectivity index (χ4v) is 3.52. The number of likely N-dealkylation sites (N-methyl/N-ethyl adjacent to an activating group) is 1. The van der Waals surface area contributed by atoms with Gasteiger partial charge in [-0.05, 0) is 25.3 Å². The number of hydrogen-bond donors (Lipinski definition) is 4. The van der Waals surface area contributed by atoms with E-state index in [1.54, 1.807) is 6.92 Å². The standard InChI is InChI=1S/C23H34N4O5/c1-6-13(2)18-23(32)27(5)14(3)20(29)24-17(12-16-10-8-7-9-11-16)21(30)26-19(15(4)28)22(31)25-18/h7-11,13-15,17-19,28H,6,12H2,1-5H3,(H,24,29)(H,25,31)(H,26,30)/t13-,14-,15+,17-,18-,19-/m0/s1. The highest BCUT2D eigenvalue weighted by atomic mass is 16.3. The number of hydrogen-bond acceptors (Lipinski definition) is 5. The number of aliphatic hydroxyl groups excluding tert-OH is 1. The Balaban J connectivity index is 2.43. The van der Waals surface area contributed by atoms with E-state index in [9.17, 15) is 24.3 Å². The first-order chi connectivity index (χ1) is 15.1. The molecule has 4 N–H and O–H groups in total. The van der Waals surface area contributed by atoms with Crippen molar-refractivity contribution in [3.63, 3.8) is 0 Å². The lowest BCUT2D eigenvalue weighted by atomic mass is 9.96. The van der Waals surface area contributed by atoms with Gasteiger partial charge in [-0.25, -0.2) is 0 Å². The van der Waals surface area contributed by atoms with E-state index in [-0.39, 0.29) is 12.3 Å². The molecule has 9 heteroatoms. The van der Waals surface area contributed by atoms with Crippen LogP contribution in [0.5, 0.6) is 0 Å². The summed E-state index contributed by atoms with van der Waals surface area (Å²) < 4.78 is 0. The van der Waals surface area contributed by atoms with Gasteiger partial charge in [-0.1, -0.05) is 50.6 Å². The fourth-order valence-electron chi connectivity index (χ4n) is 3.52. The largest absolute Gasteiger partial charge is 0.391 e. The lowest BCUT2D eigenvalue weighted by molar-refractivity contribution is -0.145. The summed E-state index contributed by atoms with van der Waals surface area (Å²) in [6.07, 6.45) is -0.415. The molecule has 1 fully saturated rings. The molecule has 9 nitrogen and oxygen atoms in total. The maximum atomic E-state index is 13.2. The number of benzene rings is 1. The molecule has 1 aliphatic rings.